The van der Waals surface area contributed by atoms with Crippen molar-refractivity contribution in [1.29, 1.82) is 0 Å². The highest BCUT2D eigenvalue weighted by molar-refractivity contribution is 7.93. The number of benzene rings is 3. The van der Waals surface area contributed by atoms with Gasteiger partial charge in [0.15, 0.2) is 5.76 Å². The van der Waals surface area contributed by atoms with Gasteiger partial charge >= 0.3 is 0 Å². The van der Waals surface area contributed by atoms with E-state index in [0.717, 1.165) is 5.56 Å². The SMILES string of the molecule is Cc1noc(NS(=O)(=O)c2ccc(NS(=O)(=O)c3ccc(-c4ncc(-c5ccccc5)o4)cc3)cc2)c1C. The molecule has 38 heavy (non-hydrogen) atoms. The van der Waals surface area contributed by atoms with Crippen molar-refractivity contribution in [2.75, 3.05) is 9.44 Å². The lowest BCUT2D eigenvalue weighted by Gasteiger charge is -2.10. The first-order valence-electron chi connectivity index (χ1n) is 11.3. The number of rotatable bonds is 8. The van der Waals surface area contributed by atoms with Gasteiger partial charge in [-0.2, -0.15) is 0 Å². The van der Waals surface area contributed by atoms with E-state index >= 15 is 0 Å². The van der Waals surface area contributed by atoms with E-state index in [4.69, 9.17) is 8.94 Å². The van der Waals surface area contributed by atoms with Crippen molar-refractivity contribution < 1.29 is 25.8 Å². The topological polar surface area (TPSA) is 144 Å². The van der Waals surface area contributed by atoms with Crippen LogP contribution in [-0.4, -0.2) is 27.0 Å². The first kappa shape index (κ1) is 25.2. The van der Waals surface area contributed by atoms with Gasteiger partial charge in [0.1, 0.15) is 0 Å². The van der Waals surface area contributed by atoms with Crippen LogP contribution in [0.5, 0.6) is 0 Å². The molecule has 0 atom stereocenters. The molecule has 194 valence electrons. The highest BCUT2D eigenvalue weighted by atomic mass is 32.2. The second kappa shape index (κ2) is 9.80. The zero-order valence-electron chi connectivity index (χ0n) is 20.2. The minimum Gasteiger partial charge on any atom is -0.436 e. The van der Waals surface area contributed by atoms with Gasteiger partial charge < -0.3 is 8.94 Å². The molecule has 2 aromatic heterocycles. The molecule has 0 saturated heterocycles. The number of aryl methyl sites for hydroxylation is 1. The fraction of sp³-hybridized carbons (Fsp3) is 0.0769. The second-order valence-electron chi connectivity index (χ2n) is 8.38. The summed E-state index contributed by atoms with van der Waals surface area (Å²) >= 11 is 0. The molecule has 0 saturated carbocycles. The third-order valence-corrected chi connectivity index (χ3v) is 8.52. The summed E-state index contributed by atoms with van der Waals surface area (Å²) in [4.78, 5) is 4.24. The van der Waals surface area contributed by atoms with Crippen molar-refractivity contribution in [2.24, 2.45) is 0 Å². The number of aromatic nitrogens is 2. The molecule has 5 aromatic rings. The largest absolute Gasteiger partial charge is 0.436 e. The molecule has 0 aliphatic heterocycles. The van der Waals surface area contributed by atoms with Crippen LogP contribution in [0.1, 0.15) is 11.3 Å². The van der Waals surface area contributed by atoms with Crippen LogP contribution in [0.2, 0.25) is 0 Å². The predicted octanol–water partition coefficient (Wildman–Crippen LogP) is 5.22. The molecule has 0 spiro atoms. The summed E-state index contributed by atoms with van der Waals surface area (Å²) in [5.74, 6) is 0.990. The van der Waals surface area contributed by atoms with Gasteiger partial charge in [-0.25, -0.2) is 26.5 Å². The van der Waals surface area contributed by atoms with E-state index in [0.29, 0.717) is 28.5 Å². The van der Waals surface area contributed by atoms with Crippen LogP contribution >= 0.6 is 0 Å². The number of nitrogens with one attached hydrogen (secondary N) is 2. The summed E-state index contributed by atoms with van der Waals surface area (Å²) < 4.78 is 66.7. The van der Waals surface area contributed by atoms with E-state index in [1.165, 1.54) is 36.4 Å². The van der Waals surface area contributed by atoms with Crippen molar-refractivity contribution in [1.82, 2.24) is 10.1 Å². The van der Waals surface area contributed by atoms with Gasteiger partial charge in [0, 0.05) is 22.4 Å². The van der Waals surface area contributed by atoms with Crippen LogP contribution in [0, 0.1) is 13.8 Å². The van der Waals surface area contributed by atoms with Crippen LogP contribution in [0.25, 0.3) is 22.8 Å². The number of anilines is 2. The molecule has 12 heteroatoms. The highest BCUT2D eigenvalue weighted by Gasteiger charge is 2.20. The zero-order chi connectivity index (χ0) is 26.9. The fourth-order valence-electron chi connectivity index (χ4n) is 3.53. The number of hydrogen-bond donors (Lipinski definition) is 2. The van der Waals surface area contributed by atoms with E-state index in [9.17, 15) is 16.8 Å². The second-order valence-corrected chi connectivity index (χ2v) is 11.7. The van der Waals surface area contributed by atoms with Gasteiger partial charge in [0.25, 0.3) is 20.0 Å². The monoisotopic (exact) mass is 550 g/mol. The molecular weight excluding hydrogens is 528 g/mol. The molecule has 3 aromatic carbocycles. The van der Waals surface area contributed by atoms with Crippen LogP contribution in [-0.2, 0) is 20.0 Å². The minimum absolute atomic E-state index is 0.0191. The lowest BCUT2D eigenvalue weighted by Crippen LogP contribution is -2.14. The molecule has 2 heterocycles. The van der Waals surface area contributed by atoms with Crippen molar-refractivity contribution in [3.63, 3.8) is 0 Å². The third kappa shape index (κ3) is 5.17. The molecule has 10 nitrogen and oxygen atoms in total. The quantitative estimate of drug-likeness (QED) is 0.268. The van der Waals surface area contributed by atoms with Crippen molar-refractivity contribution >= 4 is 31.6 Å². The van der Waals surface area contributed by atoms with Crippen LogP contribution in [0.4, 0.5) is 11.6 Å². The molecule has 0 aliphatic carbocycles. The maximum Gasteiger partial charge on any atom is 0.264 e. The van der Waals surface area contributed by atoms with Gasteiger partial charge in [-0.05, 0) is 62.4 Å². The minimum atomic E-state index is -3.96. The van der Waals surface area contributed by atoms with E-state index in [2.05, 4.69) is 19.6 Å². The van der Waals surface area contributed by atoms with Crippen LogP contribution < -0.4 is 9.44 Å². The molecule has 2 N–H and O–H groups in total. The Morgan fingerprint density at radius 1 is 0.711 bits per heavy atom. The number of nitrogens with zero attached hydrogens (tertiary/aromatic N) is 2. The van der Waals surface area contributed by atoms with Crippen LogP contribution in [0.15, 0.2) is 104 Å². The molecular formula is C26H22N4O6S2. The summed E-state index contributed by atoms with van der Waals surface area (Å²) in [5.41, 5.74) is 2.83. The predicted molar refractivity (Wildman–Crippen MR) is 141 cm³/mol. The highest BCUT2D eigenvalue weighted by Crippen LogP contribution is 2.28. The number of oxazole rings is 1. The standard InChI is InChI=1S/C26H22N4O6S2/c1-17-18(2)28-36-25(17)30-38(33,34)23-14-10-21(11-15-23)29-37(31,32)22-12-8-20(9-13-22)26-27-16-24(35-26)19-6-4-3-5-7-19/h3-16,29-30H,1-2H3. The summed E-state index contributed by atoms with van der Waals surface area (Å²) in [7, 11) is -7.90. The lowest BCUT2D eigenvalue weighted by molar-refractivity contribution is 0.430. The molecule has 0 bridgehead atoms. The summed E-state index contributed by atoms with van der Waals surface area (Å²) in [6, 6.07) is 20.9. The Labute approximate surface area is 219 Å². The molecule has 0 amide bonds. The molecule has 0 radical (unpaired) electrons. The fourth-order valence-corrected chi connectivity index (χ4v) is 5.63. The Bertz CT molecular complexity index is 1790. The van der Waals surface area contributed by atoms with Gasteiger partial charge in [0.2, 0.25) is 11.8 Å². The maximum absolute atomic E-state index is 12.9. The van der Waals surface area contributed by atoms with Gasteiger partial charge in [-0.15, -0.1) is 0 Å². The van der Waals surface area contributed by atoms with Crippen LogP contribution in [0.3, 0.4) is 0 Å². The normalized spacial score (nSPS) is 11.8. The maximum atomic E-state index is 12.9. The van der Waals surface area contributed by atoms with E-state index in [-0.39, 0.29) is 21.4 Å². The summed E-state index contributed by atoms with van der Waals surface area (Å²) in [6.07, 6.45) is 1.62. The molecule has 0 unspecified atom stereocenters. The summed E-state index contributed by atoms with van der Waals surface area (Å²) in [6.45, 7) is 3.38. The number of sulfonamides is 2. The van der Waals surface area contributed by atoms with Gasteiger partial charge in [-0.1, -0.05) is 35.5 Å². The third-order valence-electron chi connectivity index (χ3n) is 5.78. The molecule has 0 aliphatic rings. The number of hydrogen-bond acceptors (Lipinski definition) is 8. The lowest BCUT2D eigenvalue weighted by atomic mass is 10.2. The molecule has 5 rings (SSSR count). The average molecular weight is 551 g/mol. The Hall–Kier alpha value is -4.42. The average Bonchev–Trinajstić information content (AvgIpc) is 3.52. The Morgan fingerprint density at radius 2 is 1.32 bits per heavy atom. The smallest absolute Gasteiger partial charge is 0.264 e. The summed E-state index contributed by atoms with van der Waals surface area (Å²) in [5, 5.41) is 3.73. The first-order valence-corrected chi connectivity index (χ1v) is 14.3. The van der Waals surface area contributed by atoms with E-state index < -0.39 is 20.0 Å². The Balaban J connectivity index is 1.29. The van der Waals surface area contributed by atoms with Crippen molar-refractivity contribution in [3.05, 3.63) is 96.3 Å². The van der Waals surface area contributed by atoms with Gasteiger partial charge in [0.05, 0.1) is 21.7 Å². The zero-order valence-corrected chi connectivity index (χ0v) is 21.9. The van der Waals surface area contributed by atoms with E-state index in [1.54, 1.807) is 32.2 Å². The molecule has 0 fully saturated rings. The van der Waals surface area contributed by atoms with Crippen molar-refractivity contribution in [3.8, 4) is 22.8 Å². The Morgan fingerprint density at radius 3 is 1.92 bits per heavy atom. The Kier molecular flexibility index (Phi) is 6.51. The van der Waals surface area contributed by atoms with Gasteiger partial charge in [-0.3, -0.25) is 4.72 Å². The first-order chi connectivity index (χ1) is 18.1. The van der Waals surface area contributed by atoms with Crippen molar-refractivity contribution in [2.45, 2.75) is 23.6 Å². The van der Waals surface area contributed by atoms with E-state index in [1.807, 2.05) is 30.3 Å².